The molecule has 0 N–H and O–H groups in total. The molecule has 0 spiro atoms. The van der Waals surface area contributed by atoms with Crippen molar-refractivity contribution < 1.29 is 4.92 Å². The molecule has 0 saturated heterocycles. The van der Waals surface area contributed by atoms with Crippen molar-refractivity contribution in [3.8, 4) is 0 Å². The van der Waals surface area contributed by atoms with Gasteiger partial charge in [-0.1, -0.05) is 11.6 Å². The number of benzene rings is 1. The minimum Gasteiger partial charge on any atom is -0.367 e. The van der Waals surface area contributed by atoms with Crippen LogP contribution in [-0.2, 0) is 6.54 Å². The Balaban J connectivity index is 2.30. The highest BCUT2D eigenvalue weighted by molar-refractivity contribution is 6.33. The van der Waals surface area contributed by atoms with Gasteiger partial charge in [0.15, 0.2) is 0 Å². The number of aryl methyl sites for hydroxylation is 1. The molecule has 0 amide bonds. The summed E-state index contributed by atoms with van der Waals surface area (Å²) in [6.07, 6.45) is 4.90. The predicted molar refractivity (Wildman–Crippen MR) is 77.0 cm³/mol. The smallest absolute Gasteiger partial charge is 0.271 e. The van der Waals surface area contributed by atoms with Gasteiger partial charge in [-0.25, -0.2) is 0 Å². The molecule has 0 bridgehead atoms. The number of halogens is 1. The second-order valence-corrected chi connectivity index (χ2v) is 4.81. The Morgan fingerprint density at radius 3 is 2.70 bits per heavy atom. The van der Waals surface area contributed by atoms with E-state index in [1.54, 1.807) is 25.5 Å². The van der Waals surface area contributed by atoms with E-state index in [2.05, 4.69) is 9.97 Å². The number of hydrogen-bond donors (Lipinski definition) is 0. The summed E-state index contributed by atoms with van der Waals surface area (Å²) in [5.74, 6) is 0. The summed E-state index contributed by atoms with van der Waals surface area (Å²) in [5, 5.41) is 11.1. The molecular weight excluding hydrogens is 280 g/mol. The van der Waals surface area contributed by atoms with Crippen LogP contribution in [0.1, 0.15) is 11.3 Å². The second kappa shape index (κ2) is 5.83. The first-order valence-electron chi connectivity index (χ1n) is 5.89. The standard InChI is InChI=1S/C13H13ClN4O2/c1-9-5-11(18(19)20)6-12(14)13(9)17(2)8-10-7-15-3-4-16-10/h3-7H,8H2,1-2H3. The average Bonchev–Trinajstić information content (AvgIpc) is 2.38. The van der Waals surface area contributed by atoms with E-state index in [-0.39, 0.29) is 5.69 Å². The molecule has 20 heavy (non-hydrogen) atoms. The third-order valence-corrected chi connectivity index (χ3v) is 3.14. The Kier molecular flexibility index (Phi) is 4.14. The van der Waals surface area contributed by atoms with Crippen LogP contribution in [0.5, 0.6) is 0 Å². The summed E-state index contributed by atoms with van der Waals surface area (Å²) >= 11 is 6.16. The van der Waals surface area contributed by atoms with Gasteiger partial charge in [-0.3, -0.25) is 20.1 Å². The van der Waals surface area contributed by atoms with E-state index < -0.39 is 4.92 Å². The molecule has 0 atom stereocenters. The zero-order valence-corrected chi connectivity index (χ0v) is 11.8. The van der Waals surface area contributed by atoms with Gasteiger partial charge in [0, 0.05) is 31.6 Å². The minimum atomic E-state index is -0.453. The van der Waals surface area contributed by atoms with E-state index in [4.69, 9.17) is 11.6 Å². The zero-order chi connectivity index (χ0) is 14.7. The number of nitro benzene ring substituents is 1. The molecule has 1 aromatic heterocycles. The van der Waals surface area contributed by atoms with Gasteiger partial charge in [0.25, 0.3) is 5.69 Å². The average molecular weight is 293 g/mol. The molecule has 0 aliphatic rings. The number of nitro groups is 1. The Bertz CT molecular complexity index is 611. The van der Waals surface area contributed by atoms with E-state index in [1.807, 2.05) is 11.9 Å². The first kappa shape index (κ1) is 14.2. The number of anilines is 1. The number of nitrogens with zero attached hydrogens (tertiary/aromatic N) is 4. The number of aromatic nitrogens is 2. The van der Waals surface area contributed by atoms with Crippen LogP contribution in [0.25, 0.3) is 0 Å². The fourth-order valence-corrected chi connectivity index (χ4v) is 2.45. The summed E-state index contributed by atoms with van der Waals surface area (Å²) in [4.78, 5) is 20.4. The summed E-state index contributed by atoms with van der Waals surface area (Å²) in [6.45, 7) is 2.31. The fourth-order valence-electron chi connectivity index (χ4n) is 2.04. The topological polar surface area (TPSA) is 72.2 Å². The summed E-state index contributed by atoms with van der Waals surface area (Å²) in [6, 6.07) is 2.87. The van der Waals surface area contributed by atoms with E-state index in [0.717, 1.165) is 16.9 Å². The normalized spacial score (nSPS) is 10.3. The van der Waals surface area contributed by atoms with Crippen LogP contribution < -0.4 is 4.90 Å². The van der Waals surface area contributed by atoms with Crippen LogP contribution in [0, 0.1) is 17.0 Å². The number of non-ortho nitro benzene ring substituents is 1. The lowest BCUT2D eigenvalue weighted by Gasteiger charge is -2.22. The third-order valence-electron chi connectivity index (χ3n) is 2.85. The van der Waals surface area contributed by atoms with Gasteiger partial charge in [-0.2, -0.15) is 0 Å². The largest absolute Gasteiger partial charge is 0.367 e. The van der Waals surface area contributed by atoms with Gasteiger partial charge in [0.05, 0.1) is 34.1 Å². The Hall–Kier alpha value is -2.21. The first-order chi connectivity index (χ1) is 9.49. The van der Waals surface area contributed by atoms with E-state index in [0.29, 0.717) is 11.6 Å². The van der Waals surface area contributed by atoms with Crippen LogP contribution in [0.15, 0.2) is 30.7 Å². The number of hydrogen-bond acceptors (Lipinski definition) is 5. The highest BCUT2D eigenvalue weighted by Gasteiger charge is 2.16. The van der Waals surface area contributed by atoms with Crippen LogP contribution in [0.4, 0.5) is 11.4 Å². The Morgan fingerprint density at radius 1 is 1.40 bits per heavy atom. The zero-order valence-electron chi connectivity index (χ0n) is 11.1. The van der Waals surface area contributed by atoms with Crippen molar-refractivity contribution in [1.29, 1.82) is 0 Å². The summed E-state index contributed by atoms with van der Waals surface area (Å²) < 4.78 is 0. The van der Waals surface area contributed by atoms with Crippen LogP contribution in [0.3, 0.4) is 0 Å². The second-order valence-electron chi connectivity index (χ2n) is 4.40. The van der Waals surface area contributed by atoms with Crippen molar-refractivity contribution in [1.82, 2.24) is 9.97 Å². The van der Waals surface area contributed by atoms with E-state index in [1.165, 1.54) is 12.1 Å². The van der Waals surface area contributed by atoms with Crippen LogP contribution >= 0.6 is 11.6 Å². The van der Waals surface area contributed by atoms with Gasteiger partial charge in [0.1, 0.15) is 0 Å². The van der Waals surface area contributed by atoms with Crippen molar-refractivity contribution in [2.45, 2.75) is 13.5 Å². The molecule has 6 nitrogen and oxygen atoms in total. The molecule has 0 aliphatic carbocycles. The molecule has 1 aromatic carbocycles. The van der Waals surface area contributed by atoms with Crippen molar-refractivity contribution in [3.63, 3.8) is 0 Å². The molecule has 0 fully saturated rings. The monoisotopic (exact) mass is 292 g/mol. The molecule has 0 saturated carbocycles. The van der Waals surface area contributed by atoms with Gasteiger partial charge >= 0.3 is 0 Å². The SMILES string of the molecule is Cc1cc([N+](=O)[O-])cc(Cl)c1N(C)Cc1cnccn1. The van der Waals surface area contributed by atoms with E-state index >= 15 is 0 Å². The number of rotatable bonds is 4. The van der Waals surface area contributed by atoms with Crippen LogP contribution in [-0.4, -0.2) is 21.9 Å². The van der Waals surface area contributed by atoms with Gasteiger partial charge in [-0.15, -0.1) is 0 Å². The molecule has 0 unspecified atom stereocenters. The molecule has 104 valence electrons. The highest BCUT2D eigenvalue weighted by atomic mass is 35.5. The fraction of sp³-hybridized carbons (Fsp3) is 0.231. The van der Waals surface area contributed by atoms with Gasteiger partial charge in [-0.05, 0) is 12.5 Å². The van der Waals surface area contributed by atoms with Crippen molar-refractivity contribution in [2.75, 3.05) is 11.9 Å². The van der Waals surface area contributed by atoms with Crippen molar-refractivity contribution in [3.05, 3.63) is 57.1 Å². The van der Waals surface area contributed by atoms with Gasteiger partial charge in [0.2, 0.25) is 0 Å². The molecule has 2 rings (SSSR count). The molecule has 7 heteroatoms. The van der Waals surface area contributed by atoms with Crippen molar-refractivity contribution >= 4 is 23.0 Å². The first-order valence-corrected chi connectivity index (χ1v) is 6.27. The maximum absolute atomic E-state index is 10.8. The quantitative estimate of drug-likeness (QED) is 0.640. The highest BCUT2D eigenvalue weighted by Crippen LogP contribution is 2.33. The molecule has 0 radical (unpaired) electrons. The molecule has 2 aromatic rings. The lowest BCUT2D eigenvalue weighted by atomic mass is 10.1. The predicted octanol–water partition coefficient (Wildman–Crippen LogP) is 2.98. The Labute approximate surface area is 121 Å². The van der Waals surface area contributed by atoms with E-state index in [9.17, 15) is 10.1 Å². The summed E-state index contributed by atoms with van der Waals surface area (Å²) in [5.41, 5.74) is 2.28. The molecule has 1 heterocycles. The maximum atomic E-state index is 10.8. The van der Waals surface area contributed by atoms with Crippen molar-refractivity contribution in [2.24, 2.45) is 0 Å². The van der Waals surface area contributed by atoms with Gasteiger partial charge < -0.3 is 4.90 Å². The molecule has 0 aliphatic heterocycles. The maximum Gasteiger partial charge on any atom is 0.271 e. The third kappa shape index (κ3) is 3.03. The lowest BCUT2D eigenvalue weighted by molar-refractivity contribution is -0.384. The Morgan fingerprint density at radius 2 is 2.15 bits per heavy atom. The molecular formula is C13H13ClN4O2. The lowest BCUT2D eigenvalue weighted by Crippen LogP contribution is -2.19. The summed E-state index contributed by atoms with van der Waals surface area (Å²) in [7, 11) is 1.86. The minimum absolute atomic E-state index is 0.0100. The van der Waals surface area contributed by atoms with Crippen LogP contribution in [0.2, 0.25) is 5.02 Å².